The van der Waals surface area contributed by atoms with Crippen LogP contribution in [0.25, 0.3) is 0 Å². The molecule has 1 unspecified atom stereocenters. The molecule has 3 nitrogen and oxygen atoms in total. The van der Waals surface area contributed by atoms with Crippen LogP contribution in [0.4, 0.5) is 0 Å². The molecule has 0 bridgehead atoms. The van der Waals surface area contributed by atoms with E-state index in [1.54, 1.807) is 0 Å². The van der Waals surface area contributed by atoms with E-state index in [1.165, 1.54) is 52.0 Å². The largest absolute Gasteiger partial charge is 0.315 e. The first-order chi connectivity index (χ1) is 7.74. The number of likely N-dealkylation sites (N-methyl/N-ethyl adjacent to an activating group) is 1. The van der Waals surface area contributed by atoms with Gasteiger partial charge in [0.05, 0.1) is 0 Å². The molecule has 96 valence electrons. The zero-order chi connectivity index (χ0) is 11.8. The Morgan fingerprint density at radius 2 is 2.00 bits per heavy atom. The summed E-state index contributed by atoms with van der Waals surface area (Å²) in [5, 5.41) is 3.56. The molecular weight excluding hydrogens is 198 g/mol. The number of nitrogens with one attached hydrogen (secondary N) is 1. The van der Waals surface area contributed by atoms with E-state index in [-0.39, 0.29) is 0 Å². The minimum Gasteiger partial charge on any atom is -0.315 e. The molecule has 1 rings (SSSR count). The first kappa shape index (κ1) is 13.9. The summed E-state index contributed by atoms with van der Waals surface area (Å²) >= 11 is 0. The number of hydrogen-bond acceptors (Lipinski definition) is 3. The smallest absolute Gasteiger partial charge is 0.0192 e. The molecule has 1 heterocycles. The van der Waals surface area contributed by atoms with Crippen molar-refractivity contribution in [2.45, 2.75) is 39.2 Å². The summed E-state index contributed by atoms with van der Waals surface area (Å²) in [6, 6.07) is 0.684. The van der Waals surface area contributed by atoms with Gasteiger partial charge in [0.2, 0.25) is 0 Å². The number of unbranched alkanes of at least 4 members (excludes halogenated alkanes) is 1. The summed E-state index contributed by atoms with van der Waals surface area (Å²) in [6.07, 6.45) is 3.90. The molecule has 1 N–H and O–H groups in total. The van der Waals surface area contributed by atoms with E-state index in [9.17, 15) is 0 Å². The predicted octanol–water partition coefficient (Wildman–Crippen LogP) is 1.40. The van der Waals surface area contributed by atoms with Gasteiger partial charge < -0.3 is 10.2 Å². The molecule has 0 aromatic rings. The minimum atomic E-state index is 0.684. The van der Waals surface area contributed by atoms with Gasteiger partial charge >= 0.3 is 0 Å². The summed E-state index contributed by atoms with van der Waals surface area (Å²) in [5.41, 5.74) is 0. The van der Waals surface area contributed by atoms with Crippen molar-refractivity contribution in [1.82, 2.24) is 15.1 Å². The summed E-state index contributed by atoms with van der Waals surface area (Å²) in [5.74, 6) is 0. The van der Waals surface area contributed by atoms with Gasteiger partial charge in [0.25, 0.3) is 0 Å². The highest BCUT2D eigenvalue weighted by Crippen LogP contribution is 2.05. The van der Waals surface area contributed by atoms with Gasteiger partial charge in [-0.25, -0.2) is 0 Å². The van der Waals surface area contributed by atoms with Crippen molar-refractivity contribution in [2.75, 3.05) is 46.3 Å². The number of hydrogen-bond donors (Lipinski definition) is 1. The molecule has 0 aromatic heterocycles. The van der Waals surface area contributed by atoms with Crippen LogP contribution in [0.15, 0.2) is 0 Å². The Morgan fingerprint density at radius 3 is 2.75 bits per heavy atom. The highest BCUT2D eigenvalue weighted by atomic mass is 15.2. The van der Waals surface area contributed by atoms with Crippen molar-refractivity contribution in [3.63, 3.8) is 0 Å². The van der Waals surface area contributed by atoms with Gasteiger partial charge in [-0.1, -0.05) is 13.3 Å². The highest BCUT2D eigenvalue weighted by molar-refractivity contribution is 4.74. The fourth-order valence-electron chi connectivity index (χ4n) is 2.25. The molecule has 1 aliphatic rings. The second-order valence-corrected chi connectivity index (χ2v) is 5.10. The Balaban J connectivity index is 2.16. The third-order valence-electron chi connectivity index (χ3n) is 3.52. The Bertz CT molecular complexity index is 173. The van der Waals surface area contributed by atoms with Crippen LogP contribution in [-0.2, 0) is 0 Å². The van der Waals surface area contributed by atoms with Gasteiger partial charge in [-0.3, -0.25) is 4.90 Å². The molecule has 1 atom stereocenters. The maximum atomic E-state index is 3.56. The molecule has 1 aliphatic heterocycles. The minimum absolute atomic E-state index is 0.684. The SMILES string of the molecule is CCCCNCC(C)N1CCCN(C)CC1. The van der Waals surface area contributed by atoms with E-state index >= 15 is 0 Å². The van der Waals surface area contributed by atoms with E-state index in [2.05, 4.69) is 36.0 Å². The summed E-state index contributed by atoms with van der Waals surface area (Å²) in [6.45, 7) is 11.9. The Morgan fingerprint density at radius 1 is 1.19 bits per heavy atom. The summed E-state index contributed by atoms with van der Waals surface area (Å²) < 4.78 is 0. The fourth-order valence-corrected chi connectivity index (χ4v) is 2.25. The van der Waals surface area contributed by atoms with Crippen LogP contribution in [0.5, 0.6) is 0 Å². The molecule has 0 aliphatic carbocycles. The lowest BCUT2D eigenvalue weighted by atomic mass is 10.2. The third kappa shape index (κ3) is 5.28. The zero-order valence-electron chi connectivity index (χ0n) is 11.3. The first-order valence-electron chi connectivity index (χ1n) is 6.87. The number of nitrogens with zero attached hydrogens (tertiary/aromatic N) is 2. The molecule has 0 aromatic carbocycles. The van der Waals surface area contributed by atoms with Crippen LogP contribution < -0.4 is 5.32 Å². The normalized spacial score (nSPS) is 21.9. The van der Waals surface area contributed by atoms with Crippen molar-refractivity contribution >= 4 is 0 Å². The Hall–Kier alpha value is -0.120. The molecule has 1 fully saturated rings. The average molecular weight is 227 g/mol. The monoisotopic (exact) mass is 227 g/mol. The molecule has 0 saturated carbocycles. The molecule has 0 radical (unpaired) electrons. The van der Waals surface area contributed by atoms with Crippen molar-refractivity contribution in [3.05, 3.63) is 0 Å². The highest BCUT2D eigenvalue weighted by Gasteiger charge is 2.16. The van der Waals surface area contributed by atoms with Gasteiger partial charge in [0.15, 0.2) is 0 Å². The van der Waals surface area contributed by atoms with E-state index in [4.69, 9.17) is 0 Å². The first-order valence-corrected chi connectivity index (χ1v) is 6.87. The van der Waals surface area contributed by atoms with Crippen molar-refractivity contribution in [1.29, 1.82) is 0 Å². The van der Waals surface area contributed by atoms with Crippen LogP contribution in [0.3, 0.4) is 0 Å². The van der Waals surface area contributed by atoms with Gasteiger partial charge in [-0.05, 0) is 46.4 Å². The molecule has 3 heteroatoms. The van der Waals surface area contributed by atoms with E-state index in [1.807, 2.05) is 0 Å². The molecule has 1 saturated heterocycles. The lowest BCUT2D eigenvalue weighted by Crippen LogP contribution is -2.42. The summed E-state index contributed by atoms with van der Waals surface area (Å²) in [4.78, 5) is 5.07. The third-order valence-corrected chi connectivity index (χ3v) is 3.52. The maximum absolute atomic E-state index is 3.56. The zero-order valence-corrected chi connectivity index (χ0v) is 11.3. The van der Waals surface area contributed by atoms with E-state index in [0.717, 1.165) is 6.54 Å². The lowest BCUT2D eigenvalue weighted by molar-refractivity contribution is 0.210. The van der Waals surface area contributed by atoms with Crippen LogP contribution in [0.2, 0.25) is 0 Å². The number of rotatable bonds is 6. The predicted molar refractivity (Wildman–Crippen MR) is 70.9 cm³/mol. The molecule has 0 amide bonds. The van der Waals surface area contributed by atoms with E-state index < -0.39 is 0 Å². The molecule has 16 heavy (non-hydrogen) atoms. The topological polar surface area (TPSA) is 18.5 Å². The quantitative estimate of drug-likeness (QED) is 0.692. The molecule has 0 spiro atoms. The second kappa shape index (κ2) is 8.04. The van der Waals surface area contributed by atoms with Crippen LogP contribution >= 0.6 is 0 Å². The van der Waals surface area contributed by atoms with Crippen LogP contribution in [0.1, 0.15) is 33.1 Å². The lowest BCUT2D eigenvalue weighted by Gasteiger charge is -2.27. The molecular formula is C13H29N3. The van der Waals surface area contributed by atoms with Gasteiger partial charge in [-0.2, -0.15) is 0 Å². The van der Waals surface area contributed by atoms with Crippen LogP contribution in [0, 0.1) is 0 Å². The standard InChI is InChI=1S/C13H29N3/c1-4-5-7-14-12-13(2)16-9-6-8-15(3)10-11-16/h13-14H,4-12H2,1-3H3. The fraction of sp³-hybridized carbons (Fsp3) is 1.00. The van der Waals surface area contributed by atoms with Gasteiger partial charge in [0, 0.05) is 25.7 Å². The van der Waals surface area contributed by atoms with Crippen LogP contribution in [-0.4, -0.2) is 62.2 Å². The Kier molecular flexibility index (Phi) is 7.01. The van der Waals surface area contributed by atoms with Crippen molar-refractivity contribution < 1.29 is 0 Å². The van der Waals surface area contributed by atoms with Gasteiger partial charge in [0.1, 0.15) is 0 Å². The average Bonchev–Trinajstić information content (AvgIpc) is 2.49. The maximum Gasteiger partial charge on any atom is 0.0192 e. The van der Waals surface area contributed by atoms with Crippen molar-refractivity contribution in [2.24, 2.45) is 0 Å². The Labute approximate surface area is 101 Å². The second-order valence-electron chi connectivity index (χ2n) is 5.10. The van der Waals surface area contributed by atoms with Gasteiger partial charge in [-0.15, -0.1) is 0 Å². The summed E-state index contributed by atoms with van der Waals surface area (Å²) in [7, 11) is 2.23. The van der Waals surface area contributed by atoms with E-state index in [0.29, 0.717) is 6.04 Å². The van der Waals surface area contributed by atoms with Crippen molar-refractivity contribution in [3.8, 4) is 0 Å².